The molecule has 0 spiro atoms. The molecule has 3 aromatic rings. The quantitative estimate of drug-likeness (QED) is 0.291. The van der Waals surface area contributed by atoms with Crippen LogP contribution in [0.15, 0.2) is 78.9 Å². The highest BCUT2D eigenvalue weighted by Gasteiger charge is 2.14. The van der Waals surface area contributed by atoms with Gasteiger partial charge in [-0.3, -0.25) is 14.9 Å². The Bertz CT molecular complexity index is 1010. The van der Waals surface area contributed by atoms with E-state index in [4.69, 9.17) is 4.74 Å². The summed E-state index contributed by atoms with van der Waals surface area (Å²) < 4.78 is 5.12. The number of nitrogens with zero attached hydrogens (tertiary/aromatic N) is 1. The van der Waals surface area contributed by atoms with Crippen LogP contribution < -0.4 is 10.1 Å². The van der Waals surface area contributed by atoms with Crippen LogP contribution in [-0.4, -0.2) is 17.9 Å². The molecule has 1 N–H and O–H groups in total. The van der Waals surface area contributed by atoms with E-state index in [2.05, 4.69) is 5.32 Å². The second-order valence-corrected chi connectivity index (χ2v) is 5.96. The summed E-state index contributed by atoms with van der Waals surface area (Å²) in [6.45, 7) is 0. The molecule has 0 saturated heterocycles. The number of nitrogens with one attached hydrogen (secondary N) is 1. The van der Waals surface area contributed by atoms with Crippen LogP contribution in [0.5, 0.6) is 5.75 Å². The molecule has 0 aliphatic heterocycles. The maximum absolute atomic E-state index is 12.9. The zero-order chi connectivity index (χ0) is 19.9. The van der Waals surface area contributed by atoms with Crippen molar-refractivity contribution in [3.05, 3.63) is 100 Å². The van der Waals surface area contributed by atoms with Crippen molar-refractivity contribution in [3.8, 4) is 5.75 Å². The van der Waals surface area contributed by atoms with E-state index in [1.165, 1.54) is 12.1 Å². The summed E-state index contributed by atoms with van der Waals surface area (Å²) in [5, 5.41) is 13.9. The van der Waals surface area contributed by atoms with E-state index in [9.17, 15) is 14.9 Å². The SMILES string of the molecule is COc1ccc(NC(=O)/C(=C/c2cccc([N+](=O)[O-])c2)c2ccccc2)cc1. The number of nitro benzene ring substituents is 1. The number of methoxy groups -OCH3 is 1. The molecule has 1 amide bonds. The Hall–Kier alpha value is -3.93. The lowest BCUT2D eigenvalue weighted by Crippen LogP contribution is -2.13. The Balaban J connectivity index is 1.96. The van der Waals surface area contributed by atoms with Crippen molar-refractivity contribution in [2.45, 2.75) is 0 Å². The van der Waals surface area contributed by atoms with Gasteiger partial charge >= 0.3 is 0 Å². The van der Waals surface area contributed by atoms with Crippen LogP contribution >= 0.6 is 0 Å². The molecule has 0 unspecified atom stereocenters. The van der Waals surface area contributed by atoms with E-state index in [1.807, 2.05) is 30.3 Å². The minimum atomic E-state index is -0.461. The first-order chi connectivity index (χ1) is 13.6. The van der Waals surface area contributed by atoms with Gasteiger partial charge in [-0.2, -0.15) is 0 Å². The molecule has 6 nitrogen and oxygen atoms in total. The Morgan fingerprint density at radius 2 is 1.71 bits per heavy atom. The number of anilines is 1. The molecule has 0 heterocycles. The van der Waals surface area contributed by atoms with Gasteiger partial charge in [0.15, 0.2) is 0 Å². The maximum Gasteiger partial charge on any atom is 0.270 e. The van der Waals surface area contributed by atoms with E-state index < -0.39 is 4.92 Å². The molecule has 140 valence electrons. The summed E-state index contributed by atoms with van der Waals surface area (Å²) >= 11 is 0. The number of non-ortho nitro benzene ring substituents is 1. The molecule has 0 aromatic heterocycles. The Morgan fingerprint density at radius 3 is 2.36 bits per heavy atom. The van der Waals surface area contributed by atoms with Crippen molar-refractivity contribution in [1.82, 2.24) is 0 Å². The first-order valence-corrected chi connectivity index (χ1v) is 8.54. The standard InChI is InChI=1S/C22H18N2O4/c1-28-20-12-10-18(11-13-20)23-22(25)21(17-7-3-2-4-8-17)15-16-6-5-9-19(14-16)24(26)27/h2-15H,1H3,(H,23,25)/b21-15+. The third kappa shape index (κ3) is 4.62. The molecule has 6 heteroatoms. The maximum atomic E-state index is 12.9. The highest BCUT2D eigenvalue weighted by atomic mass is 16.6. The van der Waals surface area contributed by atoms with Crippen molar-refractivity contribution in [2.75, 3.05) is 12.4 Å². The van der Waals surface area contributed by atoms with Crippen LogP contribution in [0.1, 0.15) is 11.1 Å². The lowest BCUT2D eigenvalue weighted by molar-refractivity contribution is -0.384. The number of carbonyl (C=O) groups is 1. The van der Waals surface area contributed by atoms with Crippen molar-refractivity contribution < 1.29 is 14.5 Å². The van der Waals surface area contributed by atoms with Crippen LogP contribution in [0.3, 0.4) is 0 Å². The zero-order valence-corrected chi connectivity index (χ0v) is 15.2. The van der Waals surface area contributed by atoms with Crippen molar-refractivity contribution in [1.29, 1.82) is 0 Å². The molecule has 0 aliphatic carbocycles. The normalized spacial score (nSPS) is 11.0. The number of hydrogen-bond acceptors (Lipinski definition) is 4. The van der Waals surface area contributed by atoms with Crippen LogP contribution in [0.4, 0.5) is 11.4 Å². The molecule has 0 radical (unpaired) electrons. The van der Waals surface area contributed by atoms with Gasteiger partial charge in [-0.25, -0.2) is 0 Å². The highest BCUT2D eigenvalue weighted by molar-refractivity contribution is 6.29. The van der Waals surface area contributed by atoms with E-state index in [1.54, 1.807) is 49.6 Å². The van der Waals surface area contributed by atoms with Crippen LogP contribution in [0.2, 0.25) is 0 Å². The van der Waals surface area contributed by atoms with Gasteiger partial charge < -0.3 is 10.1 Å². The summed E-state index contributed by atoms with van der Waals surface area (Å²) in [6, 6.07) is 22.3. The molecule has 0 aliphatic rings. The van der Waals surface area contributed by atoms with E-state index in [-0.39, 0.29) is 11.6 Å². The van der Waals surface area contributed by atoms with Crippen LogP contribution in [-0.2, 0) is 4.79 Å². The lowest BCUT2D eigenvalue weighted by Gasteiger charge is -2.10. The molecule has 3 aromatic carbocycles. The lowest BCUT2D eigenvalue weighted by atomic mass is 10.0. The number of nitro groups is 1. The minimum absolute atomic E-state index is 0.0308. The summed E-state index contributed by atoms with van der Waals surface area (Å²) in [4.78, 5) is 23.5. The monoisotopic (exact) mass is 374 g/mol. The zero-order valence-electron chi connectivity index (χ0n) is 15.2. The highest BCUT2D eigenvalue weighted by Crippen LogP contribution is 2.23. The number of benzene rings is 3. The van der Waals surface area contributed by atoms with Crippen molar-refractivity contribution in [2.24, 2.45) is 0 Å². The number of rotatable bonds is 6. The second-order valence-electron chi connectivity index (χ2n) is 5.96. The van der Waals surface area contributed by atoms with Gasteiger partial charge in [0.2, 0.25) is 0 Å². The van der Waals surface area contributed by atoms with Gasteiger partial charge in [-0.1, -0.05) is 42.5 Å². The Morgan fingerprint density at radius 1 is 1.00 bits per heavy atom. The molecule has 3 rings (SSSR count). The molecule has 28 heavy (non-hydrogen) atoms. The average molecular weight is 374 g/mol. The average Bonchev–Trinajstić information content (AvgIpc) is 2.73. The fourth-order valence-corrected chi connectivity index (χ4v) is 2.67. The third-order valence-corrected chi connectivity index (χ3v) is 4.07. The van der Waals surface area contributed by atoms with Crippen molar-refractivity contribution >= 4 is 28.9 Å². The fraction of sp³-hybridized carbons (Fsp3) is 0.0455. The van der Waals surface area contributed by atoms with Crippen LogP contribution in [0.25, 0.3) is 11.6 Å². The molecular formula is C22H18N2O4. The Labute approximate surface area is 162 Å². The Kier molecular flexibility index (Phi) is 5.81. The minimum Gasteiger partial charge on any atom is -0.497 e. The van der Waals surface area contributed by atoms with Gasteiger partial charge in [0.25, 0.3) is 11.6 Å². The topological polar surface area (TPSA) is 81.5 Å². The molecule has 0 atom stereocenters. The van der Waals surface area contributed by atoms with E-state index >= 15 is 0 Å². The third-order valence-electron chi connectivity index (χ3n) is 4.07. The fourth-order valence-electron chi connectivity index (χ4n) is 2.67. The first kappa shape index (κ1) is 18.8. The molecule has 0 bridgehead atoms. The largest absolute Gasteiger partial charge is 0.497 e. The second kappa shape index (κ2) is 8.64. The van der Waals surface area contributed by atoms with E-state index in [0.29, 0.717) is 28.1 Å². The van der Waals surface area contributed by atoms with Crippen LogP contribution in [0, 0.1) is 10.1 Å². The number of ether oxygens (including phenoxy) is 1. The summed E-state index contributed by atoms with van der Waals surface area (Å²) in [7, 11) is 1.57. The van der Waals surface area contributed by atoms with Gasteiger partial charge in [0.1, 0.15) is 5.75 Å². The van der Waals surface area contributed by atoms with E-state index in [0.717, 1.165) is 0 Å². The number of hydrogen-bond donors (Lipinski definition) is 1. The molecule has 0 fully saturated rings. The smallest absolute Gasteiger partial charge is 0.270 e. The molecular weight excluding hydrogens is 356 g/mol. The van der Waals surface area contributed by atoms with Gasteiger partial charge in [-0.05, 0) is 41.5 Å². The summed E-state index contributed by atoms with van der Waals surface area (Å²) in [5.74, 6) is 0.372. The van der Waals surface area contributed by atoms with Crippen molar-refractivity contribution in [3.63, 3.8) is 0 Å². The van der Waals surface area contributed by atoms with Gasteiger partial charge in [-0.15, -0.1) is 0 Å². The predicted molar refractivity (Wildman–Crippen MR) is 109 cm³/mol. The number of carbonyl (C=O) groups excluding carboxylic acids is 1. The van der Waals surface area contributed by atoms with Gasteiger partial charge in [0.05, 0.1) is 12.0 Å². The first-order valence-electron chi connectivity index (χ1n) is 8.54. The van der Waals surface area contributed by atoms with Gasteiger partial charge in [0, 0.05) is 23.4 Å². The predicted octanol–water partition coefficient (Wildman–Crippen LogP) is 4.78. The summed E-state index contributed by atoms with van der Waals surface area (Å²) in [5.41, 5.74) is 2.26. The molecule has 0 saturated carbocycles. The number of amides is 1. The summed E-state index contributed by atoms with van der Waals surface area (Å²) in [6.07, 6.45) is 1.64.